The molecule has 5 rings (SSSR count). The van der Waals surface area contributed by atoms with Crippen molar-refractivity contribution in [1.82, 2.24) is 24.6 Å². The van der Waals surface area contributed by atoms with Gasteiger partial charge in [-0.15, -0.1) is 0 Å². The lowest BCUT2D eigenvalue weighted by Crippen LogP contribution is -2.54. The summed E-state index contributed by atoms with van der Waals surface area (Å²) in [6, 6.07) is 3.83. The number of urea groups is 1. The van der Waals surface area contributed by atoms with Gasteiger partial charge in [0.25, 0.3) is 0 Å². The van der Waals surface area contributed by atoms with Gasteiger partial charge < -0.3 is 29.4 Å². The number of anilines is 1. The molecule has 3 aromatic heterocycles. The second kappa shape index (κ2) is 13.2. The number of carbonyl (C=O) groups excluding carboxylic acids is 1. The van der Waals surface area contributed by atoms with Gasteiger partial charge in [0.15, 0.2) is 28.7 Å². The lowest BCUT2D eigenvalue weighted by molar-refractivity contribution is -0.141. The molecule has 2 N–H and O–H groups in total. The summed E-state index contributed by atoms with van der Waals surface area (Å²) in [7, 11) is -1.42. The molecule has 0 spiro atoms. The first-order valence-corrected chi connectivity index (χ1v) is 18.5. The Morgan fingerprint density at radius 1 is 1.15 bits per heavy atom. The van der Waals surface area contributed by atoms with Crippen LogP contribution in [-0.4, -0.2) is 65.5 Å². The smallest absolute Gasteiger partial charge is 0.435 e. The number of hydrogen-bond donors (Lipinski definition) is 2. The van der Waals surface area contributed by atoms with Crippen molar-refractivity contribution in [3.63, 3.8) is 0 Å². The third kappa shape index (κ3) is 7.90. The maximum atomic E-state index is 15.3. The van der Waals surface area contributed by atoms with Gasteiger partial charge in [-0.1, -0.05) is 19.6 Å². The van der Waals surface area contributed by atoms with E-state index in [1.807, 2.05) is 0 Å². The van der Waals surface area contributed by atoms with Crippen LogP contribution in [0.1, 0.15) is 12.6 Å². The minimum atomic E-state index is -4.72. The highest BCUT2D eigenvalue weighted by Gasteiger charge is 2.39. The molecule has 254 valence electrons. The Bertz CT molecular complexity index is 1740. The zero-order chi connectivity index (χ0) is 34.1. The summed E-state index contributed by atoms with van der Waals surface area (Å²) in [4.78, 5) is 16.6. The monoisotopic (exact) mass is 684 g/mol. The number of fused-ring (bicyclic) bond motifs is 1. The zero-order valence-corrected chi connectivity index (χ0v) is 27.1. The molecule has 47 heavy (non-hydrogen) atoms. The number of halogens is 6. The van der Waals surface area contributed by atoms with Gasteiger partial charge in [0.2, 0.25) is 0 Å². The lowest BCUT2D eigenvalue weighted by Gasteiger charge is -2.33. The van der Waals surface area contributed by atoms with E-state index in [1.54, 1.807) is 11.5 Å². The molecule has 2 amide bonds. The number of aromatic nitrogens is 4. The number of pyridine rings is 1. The Hall–Kier alpha value is -4.09. The van der Waals surface area contributed by atoms with Crippen LogP contribution in [0.5, 0.6) is 11.5 Å². The number of amides is 2. The first-order chi connectivity index (χ1) is 22.1. The third-order valence-corrected chi connectivity index (χ3v) is 9.05. The molecule has 4 aromatic rings. The largest absolute Gasteiger partial charge is 0.450 e. The minimum Gasteiger partial charge on any atom is -0.450 e. The van der Waals surface area contributed by atoms with Gasteiger partial charge in [-0.3, -0.25) is 4.68 Å². The van der Waals surface area contributed by atoms with Crippen molar-refractivity contribution in [2.75, 3.05) is 31.7 Å². The van der Waals surface area contributed by atoms with Gasteiger partial charge in [-0.05, 0) is 25.1 Å². The number of nitrogens with one attached hydrogen (secondary N) is 2. The van der Waals surface area contributed by atoms with Crippen LogP contribution in [0.15, 0.2) is 36.7 Å². The molecular weight excluding hydrogens is 650 g/mol. The maximum absolute atomic E-state index is 15.3. The molecule has 0 atom stereocenters. The lowest BCUT2D eigenvalue weighted by atomic mass is 10.1. The van der Waals surface area contributed by atoms with Crippen LogP contribution >= 0.6 is 0 Å². The van der Waals surface area contributed by atoms with Gasteiger partial charge in [0, 0.05) is 57.0 Å². The fourth-order valence-corrected chi connectivity index (χ4v) is 5.55. The highest BCUT2D eigenvalue weighted by atomic mass is 28.3. The van der Waals surface area contributed by atoms with Gasteiger partial charge in [0.05, 0.1) is 30.8 Å². The molecule has 1 aliphatic heterocycles. The van der Waals surface area contributed by atoms with Crippen molar-refractivity contribution >= 4 is 30.8 Å². The molecule has 0 aliphatic carbocycles. The molecule has 17 heteroatoms. The summed E-state index contributed by atoms with van der Waals surface area (Å²) in [6.07, 6.45) is -1.85. The van der Waals surface area contributed by atoms with Gasteiger partial charge in [-0.2, -0.15) is 18.3 Å². The second-order valence-electron chi connectivity index (χ2n) is 12.4. The van der Waals surface area contributed by atoms with Crippen LogP contribution in [0.3, 0.4) is 0 Å². The van der Waals surface area contributed by atoms with Crippen molar-refractivity contribution < 1.29 is 45.3 Å². The number of hydrogen-bond acceptors (Lipinski definition) is 6. The number of alkyl halides is 4. The van der Waals surface area contributed by atoms with Crippen molar-refractivity contribution in [2.45, 2.75) is 57.7 Å². The van der Waals surface area contributed by atoms with Gasteiger partial charge in [0.1, 0.15) is 18.1 Å². The van der Waals surface area contributed by atoms with Crippen LogP contribution < -0.4 is 15.4 Å². The van der Waals surface area contributed by atoms with Crippen molar-refractivity contribution in [1.29, 1.82) is 0 Å². The highest BCUT2D eigenvalue weighted by molar-refractivity contribution is 6.76. The molecule has 1 saturated heterocycles. The average Bonchev–Trinajstić information content (AvgIpc) is 3.57. The van der Waals surface area contributed by atoms with E-state index in [4.69, 9.17) is 14.2 Å². The second-order valence-corrected chi connectivity index (χ2v) is 18.0. The Labute approximate surface area is 267 Å². The van der Waals surface area contributed by atoms with Crippen LogP contribution in [0.25, 0.3) is 22.3 Å². The van der Waals surface area contributed by atoms with Gasteiger partial charge in [-0.25, -0.2) is 22.9 Å². The van der Waals surface area contributed by atoms with E-state index in [2.05, 4.69) is 40.4 Å². The molecule has 0 unspecified atom stereocenters. The number of aryl methyl sites for hydroxylation is 1. The van der Waals surface area contributed by atoms with Crippen molar-refractivity contribution in [3.8, 4) is 22.8 Å². The van der Waals surface area contributed by atoms with E-state index >= 15 is 8.78 Å². The molecule has 0 saturated carbocycles. The van der Waals surface area contributed by atoms with Crippen LogP contribution in [0, 0.1) is 11.6 Å². The predicted octanol–water partition coefficient (Wildman–Crippen LogP) is 7.18. The normalized spacial score (nSPS) is 14.7. The summed E-state index contributed by atoms with van der Waals surface area (Å²) < 4.78 is 105. The molecule has 4 heterocycles. The van der Waals surface area contributed by atoms with Gasteiger partial charge >= 0.3 is 12.2 Å². The summed E-state index contributed by atoms with van der Waals surface area (Å²) >= 11 is 0. The Kier molecular flexibility index (Phi) is 9.61. The molecule has 1 aliphatic rings. The van der Waals surface area contributed by atoms with Crippen LogP contribution in [0.4, 0.5) is 36.8 Å². The van der Waals surface area contributed by atoms with Crippen LogP contribution in [0.2, 0.25) is 25.7 Å². The number of nitrogens with zero attached hydrogens (tertiary/aromatic N) is 4. The fraction of sp³-hybridized carbons (Fsp3) is 0.433. The topological polar surface area (TPSA) is 104 Å². The van der Waals surface area contributed by atoms with E-state index < -0.39 is 49.0 Å². The Balaban J connectivity index is 1.48. The Morgan fingerprint density at radius 2 is 1.85 bits per heavy atom. The molecule has 1 fully saturated rings. The number of ether oxygens (including phenoxy) is 3. The molecule has 10 nitrogen and oxygen atoms in total. The standard InChI is InChI=1S/C30H34F6N6O4Si/c1-5-42-22(12-24(40-42)30(34,35)36)19-13-41(17-44-8-9-47(2,3)4)27-25(19)23(6-7-37-27)46-26-20(31)10-18(11-21(26)32)39-28(43)38-14-29(33)15-45-16-29/h6-7,10-13H,5,8-9,14-17H2,1-4H3,(H2,38,39,43). The Morgan fingerprint density at radius 3 is 2.45 bits per heavy atom. The summed E-state index contributed by atoms with van der Waals surface area (Å²) in [5.74, 6) is -3.31. The van der Waals surface area contributed by atoms with Crippen molar-refractivity contribution in [2.24, 2.45) is 0 Å². The maximum Gasteiger partial charge on any atom is 0.435 e. The molecule has 0 bridgehead atoms. The SMILES string of the molecule is CCn1nc(C(F)(F)F)cc1-c1cn(COCC[Si](C)(C)C)c2nccc(Oc3c(F)cc(NC(=O)NCC4(F)COC4)cc3F)c12. The first kappa shape index (κ1) is 34.2. The first-order valence-electron chi connectivity index (χ1n) is 14.8. The summed E-state index contributed by atoms with van der Waals surface area (Å²) in [6.45, 7) is 8.05. The van der Waals surface area contributed by atoms with E-state index in [9.17, 15) is 22.4 Å². The van der Waals surface area contributed by atoms with E-state index in [1.165, 1.54) is 23.1 Å². The average molecular weight is 685 g/mol. The number of benzene rings is 1. The number of rotatable bonds is 12. The zero-order valence-electron chi connectivity index (χ0n) is 26.1. The van der Waals surface area contributed by atoms with E-state index in [0.29, 0.717) is 6.61 Å². The molecular formula is C30H34F6N6O4Si. The minimum absolute atomic E-state index is 0.00548. The predicted molar refractivity (Wildman–Crippen MR) is 164 cm³/mol. The highest BCUT2D eigenvalue weighted by Crippen LogP contribution is 2.41. The van der Waals surface area contributed by atoms with Crippen molar-refractivity contribution in [3.05, 3.63) is 54.0 Å². The molecule has 1 aromatic carbocycles. The van der Waals surface area contributed by atoms with E-state index in [0.717, 1.165) is 24.2 Å². The third-order valence-electron chi connectivity index (χ3n) is 7.35. The van der Waals surface area contributed by atoms with Crippen LogP contribution in [-0.2, 0) is 28.9 Å². The molecule has 0 radical (unpaired) electrons. The number of carbonyl (C=O) groups is 1. The fourth-order valence-electron chi connectivity index (χ4n) is 4.80. The summed E-state index contributed by atoms with van der Waals surface area (Å²) in [5.41, 5.74) is -2.54. The van der Waals surface area contributed by atoms with E-state index in [-0.39, 0.29) is 66.8 Å². The summed E-state index contributed by atoms with van der Waals surface area (Å²) in [5, 5.41) is 8.40. The quantitative estimate of drug-likeness (QED) is 0.0931.